The van der Waals surface area contributed by atoms with Crippen LogP contribution in [-0.2, 0) is 4.74 Å². The number of carbonyl (C=O) groups is 1. The minimum atomic E-state index is -0.423. The zero-order valence-corrected chi connectivity index (χ0v) is 15.9. The van der Waals surface area contributed by atoms with Crippen molar-refractivity contribution in [3.63, 3.8) is 0 Å². The van der Waals surface area contributed by atoms with E-state index in [1.165, 1.54) is 13.2 Å². The Hall–Kier alpha value is -3.54. The number of para-hydroxylation sites is 1. The molecule has 28 heavy (non-hydrogen) atoms. The number of hydrogen-bond donors (Lipinski definition) is 1. The molecule has 0 amide bonds. The number of carbonyl (C=O) groups excluding carboxylic acids is 1. The summed E-state index contributed by atoms with van der Waals surface area (Å²) >= 11 is 0. The minimum Gasteiger partial charge on any atom is -0.495 e. The van der Waals surface area contributed by atoms with Crippen LogP contribution in [-0.4, -0.2) is 29.2 Å². The van der Waals surface area contributed by atoms with Gasteiger partial charge in [0.1, 0.15) is 5.75 Å². The standard InChI is InChI=1S/C22H20N2O4/c1-4-28-22(26)18-13(2)24(14-8-6-5-7-9-14)21-15(18)12-17(27-3)20-19(21)16(25)10-11-23-20/h5-12H,4H2,1-3H3,(H,23,25). The maximum absolute atomic E-state index is 12.9. The molecular weight excluding hydrogens is 356 g/mol. The molecule has 0 fully saturated rings. The third kappa shape index (κ3) is 2.57. The molecule has 0 spiro atoms. The lowest BCUT2D eigenvalue weighted by Crippen LogP contribution is -2.07. The molecule has 0 saturated carbocycles. The van der Waals surface area contributed by atoms with Gasteiger partial charge in [-0.05, 0) is 32.0 Å². The highest BCUT2D eigenvalue weighted by Gasteiger charge is 2.25. The highest BCUT2D eigenvalue weighted by Crippen LogP contribution is 2.37. The quantitative estimate of drug-likeness (QED) is 0.547. The van der Waals surface area contributed by atoms with Crippen molar-refractivity contribution in [1.29, 1.82) is 0 Å². The average molecular weight is 376 g/mol. The lowest BCUT2D eigenvalue weighted by molar-refractivity contribution is 0.0527. The Morgan fingerprint density at radius 3 is 2.61 bits per heavy atom. The van der Waals surface area contributed by atoms with Gasteiger partial charge in [-0.15, -0.1) is 0 Å². The number of esters is 1. The lowest BCUT2D eigenvalue weighted by atomic mass is 10.1. The van der Waals surface area contributed by atoms with E-state index in [0.717, 1.165) is 5.69 Å². The van der Waals surface area contributed by atoms with Gasteiger partial charge in [-0.2, -0.15) is 0 Å². The predicted molar refractivity (Wildman–Crippen MR) is 109 cm³/mol. The third-order valence-electron chi connectivity index (χ3n) is 4.88. The summed E-state index contributed by atoms with van der Waals surface area (Å²) in [6.45, 7) is 3.89. The van der Waals surface area contributed by atoms with Crippen molar-refractivity contribution in [1.82, 2.24) is 9.55 Å². The first-order valence-electron chi connectivity index (χ1n) is 9.04. The summed E-state index contributed by atoms with van der Waals surface area (Å²) < 4.78 is 12.7. The number of nitrogens with one attached hydrogen (secondary N) is 1. The van der Waals surface area contributed by atoms with E-state index in [1.54, 1.807) is 19.2 Å². The fraction of sp³-hybridized carbons (Fsp3) is 0.182. The second-order valence-corrected chi connectivity index (χ2v) is 6.42. The van der Waals surface area contributed by atoms with Crippen molar-refractivity contribution in [2.45, 2.75) is 13.8 Å². The van der Waals surface area contributed by atoms with Crippen molar-refractivity contribution in [3.8, 4) is 11.4 Å². The molecule has 0 aliphatic rings. The summed E-state index contributed by atoms with van der Waals surface area (Å²) in [7, 11) is 1.54. The van der Waals surface area contributed by atoms with Gasteiger partial charge < -0.3 is 19.0 Å². The van der Waals surface area contributed by atoms with Crippen LogP contribution in [0, 0.1) is 6.92 Å². The first-order valence-corrected chi connectivity index (χ1v) is 9.04. The number of ether oxygens (including phenoxy) is 2. The van der Waals surface area contributed by atoms with Crippen molar-refractivity contribution in [2.75, 3.05) is 13.7 Å². The molecule has 0 aliphatic heterocycles. The molecule has 4 aromatic rings. The SMILES string of the molecule is CCOC(=O)c1c(C)n(-c2ccccc2)c2c1cc(OC)c1[nH]ccc(=O)c12. The van der Waals surface area contributed by atoms with Crippen molar-refractivity contribution in [2.24, 2.45) is 0 Å². The number of fused-ring (bicyclic) bond motifs is 3. The van der Waals surface area contributed by atoms with Crippen LogP contribution in [0.15, 0.2) is 53.5 Å². The third-order valence-corrected chi connectivity index (χ3v) is 4.88. The Morgan fingerprint density at radius 2 is 1.93 bits per heavy atom. The summed E-state index contributed by atoms with van der Waals surface area (Å²) in [5.74, 6) is 0.0735. The minimum absolute atomic E-state index is 0.150. The molecule has 2 heterocycles. The normalized spacial score (nSPS) is 11.1. The molecule has 142 valence electrons. The maximum atomic E-state index is 12.9. The largest absolute Gasteiger partial charge is 0.495 e. The number of hydrogen-bond acceptors (Lipinski definition) is 4. The number of pyridine rings is 1. The molecule has 0 radical (unpaired) electrons. The van der Waals surface area contributed by atoms with Gasteiger partial charge in [0, 0.05) is 29.0 Å². The van der Waals surface area contributed by atoms with Crippen LogP contribution in [0.2, 0.25) is 0 Å². The molecule has 0 aliphatic carbocycles. The average Bonchev–Trinajstić information content (AvgIpc) is 2.99. The molecule has 0 bridgehead atoms. The van der Waals surface area contributed by atoms with Gasteiger partial charge in [-0.25, -0.2) is 4.79 Å². The van der Waals surface area contributed by atoms with E-state index in [1.807, 2.05) is 41.8 Å². The maximum Gasteiger partial charge on any atom is 0.340 e. The zero-order valence-electron chi connectivity index (χ0n) is 15.9. The molecule has 0 unspecified atom stereocenters. The summed E-state index contributed by atoms with van der Waals surface area (Å²) in [6.07, 6.45) is 1.59. The monoisotopic (exact) mass is 376 g/mol. The molecule has 4 rings (SSSR count). The summed E-state index contributed by atoms with van der Waals surface area (Å²) in [4.78, 5) is 28.7. The van der Waals surface area contributed by atoms with Gasteiger partial charge in [0.15, 0.2) is 5.43 Å². The molecule has 6 nitrogen and oxygen atoms in total. The number of benzene rings is 2. The van der Waals surface area contributed by atoms with Gasteiger partial charge in [0.2, 0.25) is 0 Å². The topological polar surface area (TPSA) is 73.3 Å². The van der Waals surface area contributed by atoms with E-state index >= 15 is 0 Å². The number of aromatic nitrogens is 2. The van der Waals surface area contributed by atoms with E-state index in [2.05, 4.69) is 4.98 Å². The van der Waals surface area contributed by atoms with Crippen LogP contribution < -0.4 is 10.2 Å². The summed E-state index contributed by atoms with van der Waals surface area (Å²) in [6, 6.07) is 12.9. The Labute approximate surface area is 161 Å². The van der Waals surface area contributed by atoms with E-state index in [-0.39, 0.29) is 12.0 Å². The first kappa shape index (κ1) is 17.9. The van der Waals surface area contributed by atoms with Crippen LogP contribution in [0.1, 0.15) is 23.0 Å². The van der Waals surface area contributed by atoms with Gasteiger partial charge in [0.25, 0.3) is 0 Å². The van der Waals surface area contributed by atoms with E-state index in [9.17, 15) is 9.59 Å². The molecule has 2 aromatic heterocycles. The molecule has 0 atom stereocenters. The Kier molecular flexibility index (Phi) is 4.39. The van der Waals surface area contributed by atoms with Crippen LogP contribution >= 0.6 is 0 Å². The van der Waals surface area contributed by atoms with Crippen molar-refractivity contribution in [3.05, 3.63) is 70.1 Å². The van der Waals surface area contributed by atoms with Gasteiger partial charge in [-0.3, -0.25) is 4.79 Å². The lowest BCUT2D eigenvalue weighted by Gasteiger charge is -2.11. The highest BCUT2D eigenvalue weighted by atomic mass is 16.5. The van der Waals surface area contributed by atoms with E-state index < -0.39 is 5.97 Å². The molecule has 2 aromatic carbocycles. The molecule has 6 heteroatoms. The van der Waals surface area contributed by atoms with Crippen molar-refractivity contribution < 1.29 is 14.3 Å². The van der Waals surface area contributed by atoms with Crippen molar-refractivity contribution >= 4 is 27.8 Å². The number of H-pyrrole nitrogens is 1. The van der Waals surface area contributed by atoms with Crippen LogP contribution in [0.3, 0.4) is 0 Å². The van der Waals surface area contributed by atoms with Crippen LogP contribution in [0.4, 0.5) is 0 Å². The van der Waals surface area contributed by atoms with E-state index in [4.69, 9.17) is 9.47 Å². The van der Waals surface area contributed by atoms with Gasteiger partial charge in [-0.1, -0.05) is 18.2 Å². The zero-order chi connectivity index (χ0) is 19.8. The number of nitrogens with zero attached hydrogens (tertiary/aromatic N) is 1. The highest BCUT2D eigenvalue weighted by molar-refractivity contribution is 6.16. The molecule has 0 saturated heterocycles. The predicted octanol–water partition coefficient (Wildman–Crippen LogP) is 3.97. The summed E-state index contributed by atoms with van der Waals surface area (Å²) in [5.41, 5.74) is 3.09. The Balaban J connectivity index is 2.27. The number of rotatable bonds is 4. The number of methoxy groups -OCH3 is 1. The number of aromatic amines is 1. The molecule has 1 N–H and O–H groups in total. The summed E-state index contributed by atoms with van der Waals surface area (Å²) in [5, 5.41) is 1.10. The van der Waals surface area contributed by atoms with Gasteiger partial charge >= 0.3 is 5.97 Å². The smallest absolute Gasteiger partial charge is 0.340 e. The first-order chi connectivity index (χ1) is 13.6. The molecular formula is C22H20N2O4. The second-order valence-electron chi connectivity index (χ2n) is 6.42. The Bertz CT molecular complexity index is 1250. The second kappa shape index (κ2) is 6.88. The van der Waals surface area contributed by atoms with Crippen LogP contribution in [0.5, 0.6) is 5.75 Å². The fourth-order valence-corrected chi connectivity index (χ4v) is 3.73. The van der Waals surface area contributed by atoms with E-state index in [0.29, 0.717) is 38.8 Å². The van der Waals surface area contributed by atoms with Crippen LogP contribution in [0.25, 0.3) is 27.5 Å². The fourth-order valence-electron chi connectivity index (χ4n) is 3.73. The van der Waals surface area contributed by atoms with Gasteiger partial charge in [0.05, 0.1) is 35.7 Å². The Morgan fingerprint density at radius 1 is 1.18 bits per heavy atom.